The van der Waals surface area contributed by atoms with E-state index in [4.69, 9.17) is 9.63 Å². The number of carboxylic acid groups (broad SMARTS) is 1. The average molecular weight is 312 g/mol. The van der Waals surface area contributed by atoms with Gasteiger partial charge in [0, 0.05) is 17.1 Å². The Morgan fingerprint density at radius 2 is 2.33 bits per heavy atom. The molecule has 1 aromatic heterocycles. The Morgan fingerprint density at radius 3 is 2.89 bits per heavy atom. The first-order chi connectivity index (χ1) is 8.56. The minimum Gasteiger partial charge on any atom is -0.478 e. The second-order valence-electron chi connectivity index (χ2n) is 3.58. The lowest BCUT2D eigenvalue weighted by Crippen LogP contribution is -2.03. The fourth-order valence-electron chi connectivity index (χ4n) is 1.39. The van der Waals surface area contributed by atoms with E-state index in [-0.39, 0.29) is 5.56 Å². The first kappa shape index (κ1) is 12.6. The van der Waals surface area contributed by atoms with Gasteiger partial charge in [-0.15, -0.1) is 0 Å². The third-order valence-corrected chi connectivity index (χ3v) is 2.88. The van der Waals surface area contributed by atoms with Crippen LogP contribution in [-0.4, -0.2) is 21.2 Å². The number of nitrogens with zero attached hydrogens (tertiary/aromatic N) is 2. The number of rotatable bonds is 4. The molecule has 0 fully saturated rings. The monoisotopic (exact) mass is 311 g/mol. The van der Waals surface area contributed by atoms with Crippen LogP contribution in [0.5, 0.6) is 0 Å². The molecule has 0 amide bonds. The van der Waals surface area contributed by atoms with Crippen molar-refractivity contribution in [2.24, 2.45) is 0 Å². The SMILES string of the molecule is Cc1nc(CNc2ccc(C(=O)O)c(Br)c2)no1. The summed E-state index contributed by atoms with van der Waals surface area (Å²) < 4.78 is 5.36. The third kappa shape index (κ3) is 2.86. The Morgan fingerprint density at radius 1 is 1.56 bits per heavy atom. The number of aromatic carboxylic acids is 1. The van der Waals surface area contributed by atoms with Crippen LogP contribution >= 0.6 is 15.9 Å². The van der Waals surface area contributed by atoms with Gasteiger partial charge in [0.25, 0.3) is 0 Å². The highest BCUT2D eigenvalue weighted by Gasteiger charge is 2.08. The molecule has 0 aliphatic carbocycles. The van der Waals surface area contributed by atoms with Gasteiger partial charge in [-0.05, 0) is 34.1 Å². The fourth-order valence-corrected chi connectivity index (χ4v) is 1.94. The lowest BCUT2D eigenvalue weighted by Gasteiger charge is -2.05. The van der Waals surface area contributed by atoms with Crippen LogP contribution in [0.3, 0.4) is 0 Å². The van der Waals surface area contributed by atoms with Crippen molar-refractivity contribution in [3.8, 4) is 0 Å². The first-order valence-electron chi connectivity index (χ1n) is 5.12. The molecule has 0 bridgehead atoms. The summed E-state index contributed by atoms with van der Waals surface area (Å²) in [5, 5.41) is 15.7. The number of aryl methyl sites for hydroxylation is 1. The molecule has 7 heteroatoms. The van der Waals surface area contributed by atoms with Gasteiger partial charge in [0.05, 0.1) is 12.1 Å². The van der Waals surface area contributed by atoms with Crippen molar-refractivity contribution < 1.29 is 14.4 Å². The van der Waals surface area contributed by atoms with E-state index in [1.165, 1.54) is 6.07 Å². The van der Waals surface area contributed by atoms with E-state index >= 15 is 0 Å². The normalized spacial score (nSPS) is 10.3. The summed E-state index contributed by atoms with van der Waals surface area (Å²) in [7, 11) is 0. The summed E-state index contributed by atoms with van der Waals surface area (Å²) in [6.07, 6.45) is 0. The number of hydrogen-bond acceptors (Lipinski definition) is 5. The van der Waals surface area contributed by atoms with Crippen LogP contribution in [-0.2, 0) is 6.54 Å². The fraction of sp³-hybridized carbons (Fsp3) is 0.182. The van der Waals surface area contributed by atoms with Gasteiger partial charge in [-0.2, -0.15) is 4.98 Å². The highest BCUT2D eigenvalue weighted by Crippen LogP contribution is 2.21. The van der Waals surface area contributed by atoms with E-state index in [0.717, 1.165) is 5.69 Å². The number of anilines is 1. The highest BCUT2D eigenvalue weighted by molar-refractivity contribution is 9.10. The van der Waals surface area contributed by atoms with Gasteiger partial charge in [-0.1, -0.05) is 5.16 Å². The second-order valence-corrected chi connectivity index (χ2v) is 4.44. The van der Waals surface area contributed by atoms with Crippen LogP contribution in [0.4, 0.5) is 5.69 Å². The van der Waals surface area contributed by atoms with E-state index in [2.05, 4.69) is 31.4 Å². The zero-order valence-electron chi connectivity index (χ0n) is 9.48. The summed E-state index contributed by atoms with van der Waals surface area (Å²) >= 11 is 3.21. The Balaban J connectivity index is 2.06. The van der Waals surface area contributed by atoms with Crippen LogP contribution < -0.4 is 5.32 Å². The summed E-state index contributed by atoms with van der Waals surface area (Å²) in [4.78, 5) is 14.9. The zero-order valence-corrected chi connectivity index (χ0v) is 11.1. The highest BCUT2D eigenvalue weighted by atomic mass is 79.9. The maximum atomic E-state index is 10.8. The van der Waals surface area contributed by atoms with Gasteiger partial charge in [0.2, 0.25) is 5.89 Å². The molecule has 2 rings (SSSR count). The number of nitrogens with one attached hydrogen (secondary N) is 1. The van der Waals surface area contributed by atoms with Crippen LogP contribution in [0.15, 0.2) is 27.2 Å². The molecule has 2 N–H and O–H groups in total. The van der Waals surface area contributed by atoms with Crippen LogP contribution in [0.25, 0.3) is 0 Å². The number of aromatic nitrogens is 2. The molecule has 1 aromatic carbocycles. The summed E-state index contributed by atoms with van der Waals surface area (Å²) in [6, 6.07) is 4.90. The molecule has 0 saturated heterocycles. The first-order valence-corrected chi connectivity index (χ1v) is 5.91. The quantitative estimate of drug-likeness (QED) is 0.901. The van der Waals surface area contributed by atoms with Crippen molar-refractivity contribution in [1.82, 2.24) is 10.1 Å². The van der Waals surface area contributed by atoms with Gasteiger partial charge in [0.1, 0.15) is 0 Å². The molecular formula is C11H10BrN3O3. The molecule has 0 radical (unpaired) electrons. The largest absolute Gasteiger partial charge is 0.478 e. The Bertz CT molecular complexity index is 583. The van der Waals surface area contributed by atoms with E-state index in [9.17, 15) is 4.79 Å². The van der Waals surface area contributed by atoms with Crippen molar-refractivity contribution in [3.05, 3.63) is 40.0 Å². The minimum atomic E-state index is -0.970. The predicted molar refractivity (Wildman–Crippen MR) is 67.5 cm³/mol. The second kappa shape index (κ2) is 5.18. The molecule has 18 heavy (non-hydrogen) atoms. The molecule has 0 aliphatic rings. The van der Waals surface area contributed by atoms with E-state index in [1.807, 2.05) is 0 Å². The number of carbonyl (C=O) groups is 1. The number of benzene rings is 1. The predicted octanol–water partition coefficient (Wildman–Crippen LogP) is 2.45. The molecule has 0 saturated carbocycles. The molecule has 0 atom stereocenters. The Hall–Kier alpha value is -1.89. The summed E-state index contributed by atoms with van der Waals surface area (Å²) in [5.74, 6) is 0.0855. The molecule has 6 nitrogen and oxygen atoms in total. The summed E-state index contributed by atoms with van der Waals surface area (Å²) in [5.41, 5.74) is 0.991. The molecular weight excluding hydrogens is 302 g/mol. The van der Waals surface area contributed by atoms with Gasteiger partial charge in [-0.25, -0.2) is 4.79 Å². The molecule has 94 valence electrons. The van der Waals surface area contributed by atoms with Crippen molar-refractivity contribution in [2.45, 2.75) is 13.5 Å². The molecule has 2 aromatic rings. The zero-order chi connectivity index (χ0) is 13.1. The molecule has 0 unspecified atom stereocenters. The molecule has 0 aliphatic heterocycles. The van der Waals surface area contributed by atoms with Gasteiger partial charge in [0.15, 0.2) is 5.82 Å². The van der Waals surface area contributed by atoms with Crippen molar-refractivity contribution >= 4 is 27.6 Å². The number of carboxylic acids is 1. The van der Waals surface area contributed by atoms with E-state index in [1.54, 1.807) is 19.1 Å². The Labute approximate surface area is 111 Å². The minimum absolute atomic E-state index is 0.218. The number of halogens is 1. The van der Waals surface area contributed by atoms with E-state index in [0.29, 0.717) is 22.7 Å². The topological polar surface area (TPSA) is 88.2 Å². The number of hydrogen-bond donors (Lipinski definition) is 2. The van der Waals surface area contributed by atoms with Gasteiger partial charge >= 0.3 is 5.97 Å². The van der Waals surface area contributed by atoms with Crippen LogP contribution in [0.2, 0.25) is 0 Å². The summed E-state index contributed by atoms with van der Waals surface area (Å²) in [6.45, 7) is 2.13. The van der Waals surface area contributed by atoms with Crippen molar-refractivity contribution in [1.29, 1.82) is 0 Å². The lowest BCUT2D eigenvalue weighted by molar-refractivity contribution is 0.0696. The van der Waals surface area contributed by atoms with Gasteiger partial charge in [-0.3, -0.25) is 0 Å². The van der Waals surface area contributed by atoms with Crippen molar-refractivity contribution in [2.75, 3.05) is 5.32 Å². The van der Waals surface area contributed by atoms with Gasteiger partial charge < -0.3 is 14.9 Å². The third-order valence-electron chi connectivity index (χ3n) is 2.22. The van der Waals surface area contributed by atoms with Crippen LogP contribution in [0, 0.1) is 6.92 Å². The average Bonchev–Trinajstić information content (AvgIpc) is 2.72. The van der Waals surface area contributed by atoms with Crippen molar-refractivity contribution in [3.63, 3.8) is 0 Å². The smallest absolute Gasteiger partial charge is 0.336 e. The maximum Gasteiger partial charge on any atom is 0.336 e. The maximum absolute atomic E-state index is 10.8. The molecule has 1 heterocycles. The standard InChI is InChI=1S/C11H10BrN3O3/c1-6-14-10(15-18-6)5-13-7-2-3-8(11(16)17)9(12)4-7/h2-4,13H,5H2,1H3,(H,16,17). The van der Waals surface area contributed by atoms with Crippen LogP contribution in [0.1, 0.15) is 22.1 Å². The Kier molecular flexibility index (Phi) is 3.61. The molecule has 0 spiro atoms. The van der Waals surface area contributed by atoms with E-state index < -0.39 is 5.97 Å². The lowest BCUT2D eigenvalue weighted by atomic mass is 10.2.